The van der Waals surface area contributed by atoms with Crippen molar-refractivity contribution in [2.75, 3.05) is 45.8 Å². The molecule has 27 heavy (non-hydrogen) atoms. The topological polar surface area (TPSA) is 60.0 Å². The fraction of sp³-hybridized carbons (Fsp3) is 0.667. The predicted octanol–water partition coefficient (Wildman–Crippen LogP) is 3.31. The fourth-order valence-corrected chi connectivity index (χ4v) is 4.11. The molecule has 150 valence electrons. The number of methoxy groups -OCH3 is 2. The number of hydrogen-bond donors (Lipinski definition) is 1. The van der Waals surface area contributed by atoms with E-state index >= 15 is 0 Å². The molecule has 0 radical (unpaired) electrons. The van der Waals surface area contributed by atoms with E-state index < -0.39 is 0 Å². The maximum atomic E-state index is 12.4. The van der Waals surface area contributed by atoms with Crippen LogP contribution < -0.4 is 14.8 Å². The van der Waals surface area contributed by atoms with E-state index in [4.69, 9.17) is 14.2 Å². The molecule has 1 aromatic carbocycles. The first-order valence-corrected chi connectivity index (χ1v) is 10.0. The van der Waals surface area contributed by atoms with Gasteiger partial charge in [-0.1, -0.05) is 0 Å². The first-order valence-electron chi connectivity index (χ1n) is 10.0. The number of piperidine rings is 1. The summed E-state index contributed by atoms with van der Waals surface area (Å²) in [6.45, 7) is 4.12. The molecule has 1 N–H and O–H groups in total. The van der Waals surface area contributed by atoms with Crippen LogP contribution in [0.3, 0.4) is 0 Å². The van der Waals surface area contributed by atoms with Crippen LogP contribution in [0.15, 0.2) is 18.2 Å². The normalized spacial score (nSPS) is 19.6. The second-order valence-corrected chi connectivity index (χ2v) is 7.48. The highest BCUT2D eigenvalue weighted by Gasteiger charge is 2.26. The van der Waals surface area contributed by atoms with Gasteiger partial charge in [-0.2, -0.15) is 0 Å². The van der Waals surface area contributed by atoms with E-state index in [-0.39, 0.29) is 5.91 Å². The summed E-state index contributed by atoms with van der Waals surface area (Å²) < 4.78 is 16.0. The fourth-order valence-electron chi connectivity index (χ4n) is 4.11. The van der Waals surface area contributed by atoms with Gasteiger partial charge in [0.25, 0.3) is 0 Å². The molecule has 2 aliphatic heterocycles. The third kappa shape index (κ3) is 5.59. The molecule has 3 rings (SSSR count). The number of amides is 1. The van der Waals surface area contributed by atoms with Gasteiger partial charge < -0.3 is 24.4 Å². The van der Waals surface area contributed by atoms with Crippen molar-refractivity contribution in [1.82, 2.24) is 4.90 Å². The Kier molecular flexibility index (Phi) is 7.35. The summed E-state index contributed by atoms with van der Waals surface area (Å²) in [6.07, 6.45) is 6.21. The van der Waals surface area contributed by atoms with E-state index in [1.807, 2.05) is 12.1 Å². The standard InChI is InChI=1S/C21H32N2O4/c1-25-18-4-5-19(20(15-18)26-2)22-21(24)6-3-16-7-11-23(12-8-16)17-9-13-27-14-10-17/h4-5,15-17H,3,6-14H2,1-2H3,(H,22,24). The minimum Gasteiger partial charge on any atom is -0.497 e. The van der Waals surface area contributed by atoms with E-state index in [9.17, 15) is 4.79 Å². The molecule has 2 aliphatic rings. The van der Waals surface area contributed by atoms with Crippen LogP contribution in [0.2, 0.25) is 0 Å². The highest BCUT2D eigenvalue weighted by molar-refractivity contribution is 5.92. The van der Waals surface area contributed by atoms with Gasteiger partial charge in [-0.3, -0.25) is 4.79 Å². The number of likely N-dealkylation sites (tertiary alicyclic amines) is 1. The van der Waals surface area contributed by atoms with Crippen LogP contribution in [0.4, 0.5) is 5.69 Å². The third-order valence-electron chi connectivity index (χ3n) is 5.82. The molecular weight excluding hydrogens is 344 g/mol. The minimum atomic E-state index is 0.0466. The molecule has 0 aliphatic carbocycles. The second-order valence-electron chi connectivity index (χ2n) is 7.48. The van der Waals surface area contributed by atoms with Gasteiger partial charge in [-0.05, 0) is 63.2 Å². The van der Waals surface area contributed by atoms with E-state index in [0.717, 1.165) is 45.6 Å². The molecule has 0 saturated carbocycles. The van der Waals surface area contributed by atoms with Crippen LogP contribution >= 0.6 is 0 Å². The molecule has 2 heterocycles. The number of hydrogen-bond acceptors (Lipinski definition) is 5. The van der Waals surface area contributed by atoms with E-state index in [2.05, 4.69) is 10.2 Å². The molecule has 0 atom stereocenters. The van der Waals surface area contributed by atoms with Crippen molar-refractivity contribution < 1.29 is 19.0 Å². The number of rotatable bonds is 7. The largest absolute Gasteiger partial charge is 0.497 e. The summed E-state index contributed by atoms with van der Waals surface area (Å²) in [6, 6.07) is 6.12. The van der Waals surface area contributed by atoms with Crippen molar-refractivity contribution in [3.63, 3.8) is 0 Å². The van der Waals surface area contributed by atoms with Crippen LogP contribution in [0.25, 0.3) is 0 Å². The average molecular weight is 376 g/mol. The SMILES string of the molecule is COc1ccc(NC(=O)CCC2CCN(C3CCOCC3)CC2)c(OC)c1. The lowest BCUT2D eigenvalue weighted by atomic mass is 9.90. The number of nitrogens with one attached hydrogen (secondary N) is 1. The van der Waals surface area contributed by atoms with E-state index in [1.165, 1.54) is 12.8 Å². The second kappa shape index (κ2) is 9.95. The maximum Gasteiger partial charge on any atom is 0.224 e. The zero-order valence-corrected chi connectivity index (χ0v) is 16.5. The lowest BCUT2D eigenvalue weighted by Crippen LogP contribution is -2.44. The van der Waals surface area contributed by atoms with Crippen LogP contribution in [0.1, 0.15) is 38.5 Å². The summed E-state index contributed by atoms with van der Waals surface area (Å²) in [7, 11) is 3.21. The highest BCUT2D eigenvalue weighted by atomic mass is 16.5. The Morgan fingerprint density at radius 2 is 1.89 bits per heavy atom. The van der Waals surface area contributed by atoms with Crippen molar-refractivity contribution in [3.8, 4) is 11.5 Å². The smallest absolute Gasteiger partial charge is 0.224 e. The Hall–Kier alpha value is -1.79. The van der Waals surface area contributed by atoms with Crippen LogP contribution in [0, 0.1) is 5.92 Å². The Balaban J connectivity index is 1.41. The number of benzene rings is 1. The molecule has 0 bridgehead atoms. The van der Waals surface area contributed by atoms with Gasteiger partial charge in [0, 0.05) is 31.7 Å². The molecule has 1 aromatic rings. The first kappa shape index (κ1) is 20.0. The molecule has 2 fully saturated rings. The van der Waals surface area contributed by atoms with E-state index in [0.29, 0.717) is 35.6 Å². The summed E-state index contributed by atoms with van der Waals surface area (Å²) in [4.78, 5) is 15.0. The van der Waals surface area contributed by atoms with Gasteiger partial charge in [0.1, 0.15) is 11.5 Å². The number of carbonyl (C=O) groups excluding carboxylic acids is 1. The lowest BCUT2D eigenvalue weighted by molar-refractivity contribution is -0.116. The van der Waals surface area contributed by atoms with Gasteiger partial charge >= 0.3 is 0 Å². The Bertz CT molecular complexity index is 608. The molecule has 6 heteroatoms. The van der Waals surface area contributed by atoms with Gasteiger partial charge in [0.05, 0.1) is 19.9 Å². The maximum absolute atomic E-state index is 12.4. The number of carbonyl (C=O) groups is 1. The average Bonchev–Trinajstić information content (AvgIpc) is 2.73. The number of anilines is 1. The Labute approximate surface area is 162 Å². The third-order valence-corrected chi connectivity index (χ3v) is 5.82. The van der Waals surface area contributed by atoms with Crippen LogP contribution in [-0.2, 0) is 9.53 Å². The molecule has 2 saturated heterocycles. The summed E-state index contributed by atoms with van der Waals surface area (Å²) >= 11 is 0. The quantitative estimate of drug-likeness (QED) is 0.791. The molecular formula is C21H32N2O4. The summed E-state index contributed by atoms with van der Waals surface area (Å²) in [5.41, 5.74) is 0.692. The molecule has 0 unspecified atom stereocenters. The predicted molar refractivity (Wildman–Crippen MR) is 106 cm³/mol. The van der Waals surface area contributed by atoms with Crippen molar-refractivity contribution in [1.29, 1.82) is 0 Å². The molecule has 6 nitrogen and oxygen atoms in total. The highest BCUT2D eigenvalue weighted by Crippen LogP contribution is 2.30. The molecule has 0 spiro atoms. The summed E-state index contributed by atoms with van der Waals surface area (Å²) in [5, 5.41) is 2.97. The Morgan fingerprint density at radius 3 is 2.56 bits per heavy atom. The monoisotopic (exact) mass is 376 g/mol. The van der Waals surface area contributed by atoms with Gasteiger partial charge in [0.2, 0.25) is 5.91 Å². The number of nitrogens with zero attached hydrogens (tertiary/aromatic N) is 1. The molecule has 1 amide bonds. The van der Waals surface area contributed by atoms with Crippen molar-refractivity contribution in [2.24, 2.45) is 5.92 Å². The van der Waals surface area contributed by atoms with Crippen LogP contribution in [0.5, 0.6) is 11.5 Å². The Morgan fingerprint density at radius 1 is 1.15 bits per heavy atom. The zero-order valence-electron chi connectivity index (χ0n) is 16.5. The lowest BCUT2D eigenvalue weighted by Gasteiger charge is -2.39. The van der Waals surface area contributed by atoms with Crippen molar-refractivity contribution >= 4 is 11.6 Å². The summed E-state index contributed by atoms with van der Waals surface area (Å²) in [5.74, 6) is 2.02. The van der Waals surface area contributed by atoms with Gasteiger partial charge in [0.15, 0.2) is 0 Å². The van der Waals surface area contributed by atoms with Gasteiger partial charge in [-0.15, -0.1) is 0 Å². The minimum absolute atomic E-state index is 0.0466. The van der Waals surface area contributed by atoms with E-state index in [1.54, 1.807) is 20.3 Å². The number of ether oxygens (including phenoxy) is 3. The van der Waals surface area contributed by atoms with Crippen LogP contribution in [-0.4, -0.2) is 57.4 Å². The first-order chi connectivity index (χ1) is 13.2. The molecule has 0 aromatic heterocycles. The van der Waals surface area contributed by atoms with Gasteiger partial charge in [-0.25, -0.2) is 0 Å². The van der Waals surface area contributed by atoms with Crippen molar-refractivity contribution in [3.05, 3.63) is 18.2 Å². The van der Waals surface area contributed by atoms with Crippen molar-refractivity contribution in [2.45, 2.75) is 44.6 Å². The zero-order chi connectivity index (χ0) is 19.1.